The summed E-state index contributed by atoms with van der Waals surface area (Å²) in [6.45, 7) is 3.60. The molecule has 1 aromatic heterocycles. The summed E-state index contributed by atoms with van der Waals surface area (Å²) >= 11 is 1.45. The number of unbranched alkanes of at least 4 members (excludes halogenated alkanes) is 1. The Hall–Kier alpha value is -0.970. The van der Waals surface area contributed by atoms with Crippen LogP contribution in [-0.4, -0.2) is 16.1 Å². The van der Waals surface area contributed by atoms with Gasteiger partial charge in [-0.3, -0.25) is 4.79 Å². The van der Waals surface area contributed by atoms with Crippen molar-refractivity contribution >= 4 is 22.4 Å². The smallest absolute Gasteiger partial charge is 0.223 e. The van der Waals surface area contributed by atoms with Gasteiger partial charge in [0.25, 0.3) is 0 Å². The number of rotatable bonds is 4. The number of nitrogens with one attached hydrogen (secondary N) is 1. The van der Waals surface area contributed by atoms with E-state index in [2.05, 4.69) is 22.4 Å². The molecule has 1 N–H and O–H groups in total. The molecule has 0 aliphatic rings. The molecule has 0 atom stereocenters. The molecule has 0 aliphatic carbocycles. The lowest BCUT2D eigenvalue weighted by Gasteiger charge is -1.91. The zero-order valence-corrected chi connectivity index (χ0v) is 8.65. The van der Waals surface area contributed by atoms with Crippen LogP contribution in [0.1, 0.15) is 31.7 Å². The molecule has 0 saturated carbocycles. The van der Waals surface area contributed by atoms with Crippen molar-refractivity contribution in [3.8, 4) is 0 Å². The van der Waals surface area contributed by atoms with Crippen LogP contribution in [0, 0.1) is 0 Å². The molecule has 0 aromatic carbocycles. The lowest BCUT2D eigenvalue weighted by molar-refractivity contribution is -0.114. The fourth-order valence-corrected chi connectivity index (χ4v) is 1.71. The van der Waals surface area contributed by atoms with E-state index in [0.29, 0.717) is 5.13 Å². The number of hydrogen-bond donors (Lipinski definition) is 1. The maximum atomic E-state index is 10.7. The fraction of sp³-hybridized carbons (Fsp3) is 0.625. The summed E-state index contributed by atoms with van der Waals surface area (Å²) in [5.74, 6) is -0.0989. The predicted molar refractivity (Wildman–Crippen MR) is 52.8 cm³/mol. The third kappa shape index (κ3) is 3.50. The van der Waals surface area contributed by atoms with Gasteiger partial charge < -0.3 is 5.32 Å². The molecule has 0 fully saturated rings. The van der Waals surface area contributed by atoms with Gasteiger partial charge in [0, 0.05) is 13.3 Å². The minimum Gasteiger partial charge on any atom is -0.301 e. The highest BCUT2D eigenvalue weighted by molar-refractivity contribution is 7.15. The van der Waals surface area contributed by atoms with Crippen LogP contribution < -0.4 is 5.32 Å². The van der Waals surface area contributed by atoms with Gasteiger partial charge in [-0.25, -0.2) is 0 Å². The lowest BCUT2D eigenvalue weighted by atomic mass is 10.3. The van der Waals surface area contributed by atoms with Crippen LogP contribution >= 0.6 is 11.3 Å². The first kappa shape index (κ1) is 10.1. The summed E-state index contributed by atoms with van der Waals surface area (Å²) < 4.78 is 0. The Balaban J connectivity index is 2.48. The summed E-state index contributed by atoms with van der Waals surface area (Å²) in [7, 11) is 0. The number of nitrogens with zero attached hydrogens (tertiary/aromatic N) is 2. The molecule has 1 amide bonds. The summed E-state index contributed by atoms with van der Waals surface area (Å²) in [5.41, 5.74) is 0. The molecule has 0 bridgehead atoms. The van der Waals surface area contributed by atoms with Crippen molar-refractivity contribution in [3.05, 3.63) is 5.01 Å². The second-order valence-corrected chi connectivity index (χ2v) is 3.85. The predicted octanol–water partition coefficient (Wildman–Crippen LogP) is 1.84. The number of carbonyl (C=O) groups excluding carboxylic acids is 1. The maximum Gasteiger partial charge on any atom is 0.223 e. The van der Waals surface area contributed by atoms with Crippen molar-refractivity contribution in [1.82, 2.24) is 10.2 Å². The maximum absolute atomic E-state index is 10.7. The fourth-order valence-electron chi connectivity index (χ4n) is 0.884. The molecule has 5 heteroatoms. The number of aromatic nitrogens is 2. The standard InChI is InChI=1S/C8H13N3OS/c1-3-4-5-7-10-11-8(13-7)9-6(2)12/h3-5H2,1-2H3,(H,9,11,12). The number of carbonyl (C=O) groups is 1. The van der Waals surface area contributed by atoms with Crippen molar-refractivity contribution in [2.24, 2.45) is 0 Å². The van der Waals surface area contributed by atoms with E-state index in [-0.39, 0.29) is 5.91 Å². The first-order chi connectivity index (χ1) is 6.22. The normalized spacial score (nSPS) is 10.0. The molecule has 1 aromatic rings. The van der Waals surface area contributed by atoms with Crippen molar-refractivity contribution < 1.29 is 4.79 Å². The molecule has 4 nitrogen and oxygen atoms in total. The SMILES string of the molecule is CCCCc1nnc(NC(C)=O)s1. The second-order valence-electron chi connectivity index (χ2n) is 2.79. The van der Waals surface area contributed by atoms with E-state index in [9.17, 15) is 4.79 Å². The van der Waals surface area contributed by atoms with E-state index in [1.807, 2.05) is 0 Å². The van der Waals surface area contributed by atoms with Gasteiger partial charge in [-0.15, -0.1) is 10.2 Å². The molecular weight excluding hydrogens is 186 g/mol. The molecule has 13 heavy (non-hydrogen) atoms. The second kappa shape index (κ2) is 4.91. The van der Waals surface area contributed by atoms with E-state index in [4.69, 9.17) is 0 Å². The van der Waals surface area contributed by atoms with Crippen LogP contribution in [0.25, 0.3) is 0 Å². The van der Waals surface area contributed by atoms with Gasteiger partial charge in [-0.1, -0.05) is 24.7 Å². The Morgan fingerprint density at radius 1 is 1.54 bits per heavy atom. The van der Waals surface area contributed by atoms with Crippen LogP contribution in [0.3, 0.4) is 0 Å². The summed E-state index contributed by atoms with van der Waals surface area (Å²) in [6, 6.07) is 0. The molecule has 0 aliphatic heterocycles. The zero-order chi connectivity index (χ0) is 9.68. The third-order valence-corrected chi connectivity index (χ3v) is 2.39. The average molecular weight is 199 g/mol. The van der Waals surface area contributed by atoms with Crippen molar-refractivity contribution in [2.75, 3.05) is 5.32 Å². The first-order valence-corrected chi connectivity index (χ1v) is 5.14. The minimum absolute atomic E-state index is 0.0989. The number of anilines is 1. The molecule has 72 valence electrons. The van der Waals surface area contributed by atoms with Gasteiger partial charge >= 0.3 is 0 Å². The highest BCUT2D eigenvalue weighted by Crippen LogP contribution is 2.16. The van der Waals surface area contributed by atoms with Crippen LogP contribution in [0.5, 0.6) is 0 Å². The van der Waals surface area contributed by atoms with Gasteiger partial charge in [0.1, 0.15) is 5.01 Å². The van der Waals surface area contributed by atoms with Crippen LogP contribution in [0.2, 0.25) is 0 Å². The van der Waals surface area contributed by atoms with E-state index in [1.54, 1.807) is 0 Å². The van der Waals surface area contributed by atoms with Gasteiger partial charge in [0.15, 0.2) is 0 Å². The largest absolute Gasteiger partial charge is 0.301 e. The topological polar surface area (TPSA) is 54.9 Å². The minimum atomic E-state index is -0.0989. The molecule has 1 rings (SSSR count). The summed E-state index contributed by atoms with van der Waals surface area (Å²) in [4.78, 5) is 10.7. The molecule has 0 saturated heterocycles. The Morgan fingerprint density at radius 3 is 2.92 bits per heavy atom. The van der Waals surface area contributed by atoms with Crippen LogP contribution in [0.15, 0.2) is 0 Å². The van der Waals surface area contributed by atoms with Gasteiger partial charge in [-0.2, -0.15) is 0 Å². The first-order valence-electron chi connectivity index (χ1n) is 4.32. The lowest BCUT2D eigenvalue weighted by Crippen LogP contribution is -2.04. The summed E-state index contributed by atoms with van der Waals surface area (Å²) in [5, 5.41) is 12.0. The van der Waals surface area contributed by atoms with E-state index < -0.39 is 0 Å². The van der Waals surface area contributed by atoms with Gasteiger partial charge in [-0.05, 0) is 6.42 Å². The third-order valence-electron chi connectivity index (χ3n) is 1.49. The molecule has 0 unspecified atom stereocenters. The van der Waals surface area contributed by atoms with Gasteiger partial charge in [0.05, 0.1) is 0 Å². The van der Waals surface area contributed by atoms with E-state index in [1.165, 1.54) is 18.3 Å². The van der Waals surface area contributed by atoms with Crippen LogP contribution in [-0.2, 0) is 11.2 Å². The zero-order valence-electron chi connectivity index (χ0n) is 7.83. The van der Waals surface area contributed by atoms with E-state index >= 15 is 0 Å². The van der Waals surface area contributed by atoms with E-state index in [0.717, 1.165) is 24.3 Å². The quantitative estimate of drug-likeness (QED) is 0.805. The molecule has 0 spiro atoms. The number of aryl methyl sites for hydroxylation is 1. The highest BCUT2D eigenvalue weighted by atomic mass is 32.1. The summed E-state index contributed by atoms with van der Waals surface area (Å²) in [6.07, 6.45) is 3.22. The Labute approximate surface area is 81.4 Å². The van der Waals surface area contributed by atoms with Crippen molar-refractivity contribution in [1.29, 1.82) is 0 Å². The molecular formula is C8H13N3OS. The number of amides is 1. The van der Waals surface area contributed by atoms with Crippen molar-refractivity contribution in [2.45, 2.75) is 33.1 Å². The Morgan fingerprint density at radius 2 is 2.31 bits per heavy atom. The average Bonchev–Trinajstić information content (AvgIpc) is 2.48. The van der Waals surface area contributed by atoms with Gasteiger partial charge in [0.2, 0.25) is 11.0 Å². The van der Waals surface area contributed by atoms with Crippen molar-refractivity contribution in [3.63, 3.8) is 0 Å². The molecule has 1 heterocycles. The van der Waals surface area contributed by atoms with Crippen LogP contribution in [0.4, 0.5) is 5.13 Å². The Kier molecular flexibility index (Phi) is 3.82. The molecule has 0 radical (unpaired) electrons. The number of hydrogen-bond acceptors (Lipinski definition) is 4. The highest BCUT2D eigenvalue weighted by Gasteiger charge is 2.03. The Bertz CT molecular complexity index is 285. The monoisotopic (exact) mass is 199 g/mol.